The summed E-state index contributed by atoms with van der Waals surface area (Å²) in [5.74, 6) is -1.29. The van der Waals surface area contributed by atoms with Crippen molar-refractivity contribution in [3.63, 3.8) is 0 Å². The highest BCUT2D eigenvalue weighted by Gasteiger charge is 2.49. The Kier molecular flexibility index (Phi) is 3.50. The molecule has 0 aromatic heterocycles. The van der Waals surface area contributed by atoms with E-state index in [0.29, 0.717) is 5.69 Å². The maximum absolute atomic E-state index is 12.1. The number of ether oxygens (including phenoxy) is 1. The van der Waals surface area contributed by atoms with Crippen LogP contribution in [0, 0.1) is 0 Å². The first-order chi connectivity index (χ1) is 9.07. The van der Waals surface area contributed by atoms with E-state index in [0.717, 1.165) is 9.80 Å². The predicted octanol–water partition coefficient (Wildman–Crippen LogP) is 1.02. The summed E-state index contributed by atoms with van der Waals surface area (Å²) in [5.41, 5.74) is 0.489. The van der Waals surface area contributed by atoms with Crippen molar-refractivity contribution < 1.29 is 19.1 Å². The van der Waals surface area contributed by atoms with Gasteiger partial charge >= 0.3 is 12.0 Å². The third-order valence-electron chi connectivity index (χ3n) is 2.86. The Bertz CT molecular complexity index is 515. The monoisotopic (exact) mass is 262 g/mol. The van der Waals surface area contributed by atoms with Crippen LogP contribution in [0.25, 0.3) is 0 Å². The highest BCUT2D eigenvalue weighted by atomic mass is 16.5. The van der Waals surface area contributed by atoms with Crippen LogP contribution in [0.1, 0.15) is 6.92 Å². The summed E-state index contributed by atoms with van der Waals surface area (Å²) >= 11 is 0. The molecular formula is C13H14N2O4. The minimum Gasteiger partial charge on any atom is -0.464 e. The first-order valence-electron chi connectivity index (χ1n) is 5.90. The highest BCUT2D eigenvalue weighted by Crippen LogP contribution is 2.25. The Hall–Kier alpha value is -2.37. The topological polar surface area (TPSA) is 66.9 Å². The smallest absolute Gasteiger partial charge is 0.339 e. The van der Waals surface area contributed by atoms with Crippen molar-refractivity contribution in [2.24, 2.45) is 0 Å². The lowest BCUT2D eigenvalue weighted by molar-refractivity contribution is -0.148. The Labute approximate surface area is 110 Å². The zero-order valence-corrected chi connectivity index (χ0v) is 10.7. The van der Waals surface area contributed by atoms with E-state index in [2.05, 4.69) is 0 Å². The Morgan fingerprint density at radius 3 is 2.47 bits per heavy atom. The molecule has 19 heavy (non-hydrogen) atoms. The van der Waals surface area contributed by atoms with E-state index in [4.69, 9.17) is 4.74 Å². The molecule has 0 saturated carbocycles. The largest absolute Gasteiger partial charge is 0.464 e. The highest BCUT2D eigenvalue weighted by molar-refractivity contribution is 6.22. The van der Waals surface area contributed by atoms with Crippen LogP contribution in [-0.4, -0.2) is 42.5 Å². The third-order valence-corrected chi connectivity index (χ3v) is 2.86. The average molecular weight is 262 g/mol. The molecule has 0 radical (unpaired) electrons. The molecule has 1 saturated heterocycles. The van der Waals surface area contributed by atoms with Crippen LogP contribution >= 0.6 is 0 Å². The molecule has 1 aromatic rings. The van der Waals surface area contributed by atoms with Gasteiger partial charge in [0.2, 0.25) is 6.04 Å². The molecule has 1 atom stereocenters. The number of hydrogen-bond donors (Lipinski definition) is 0. The van der Waals surface area contributed by atoms with Crippen molar-refractivity contribution >= 4 is 23.6 Å². The summed E-state index contributed by atoms with van der Waals surface area (Å²) in [7, 11) is 1.35. The molecule has 1 aromatic carbocycles. The molecule has 1 aliphatic heterocycles. The maximum Gasteiger partial charge on any atom is 0.339 e. The first-order valence-corrected chi connectivity index (χ1v) is 5.90. The number of rotatable bonds is 3. The Morgan fingerprint density at radius 1 is 1.26 bits per heavy atom. The minimum atomic E-state index is -1.24. The Balaban J connectivity index is 2.40. The van der Waals surface area contributed by atoms with Crippen LogP contribution in [0.4, 0.5) is 10.5 Å². The molecule has 1 unspecified atom stereocenters. The minimum absolute atomic E-state index is 0.156. The standard InChI is InChI=1S/C13H14N2O4/c1-3-19-12(17)10-11(16)14(2)13(18)15(10)9-7-5-4-6-8-9/h4-8,10H,3H2,1-2H3. The number of anilines is 1. The van der Waals surface area contributed by atoms with Gasteiger partial charge in [-0.25, -0.2) is 9.59 Å². The summed E-state index contributed by atoms with van der Waals surface area (Å²) in [6, 6.07) is 6.80. The van der Waals surface area contributed by atoms with Crippen LogP contribution in [0.15, 0.2) is 30.3 Å². The quantitative estimate of drug-likeness (QED) is 0.463. The number of esters is 1. The van der Waals surface area contributed by atoms with Crippen molar-refractivity contribution in [2.75, 3.05) is 18.6 Å². The van der Waals surface area contributed by atoms with Gasteiger partial charge in [-0.3, -0.25) is 14.6 Å². The van der Waals surface area contributed by atoms with Gasteiger partial charge in [-0.2, -0.15) is 0 Å². The zero-order valence-electron chi connectivity index (χ0n) is 10.7. The molecule has 100 valence electrons. The number of carbonyl (C=O) groups excluding carboxylic acids is 3. The average Bonchev–Trinajstić information content (AvgIpc) is 2.64. The molecule has 3 amide bonds. The number of imide groups is 1. The molecule has 0 spiro atoms. The Morgan fingerprint density at radius 2 is 1.89 bits per heavy atom. The second-order valence-electron chi connectivity index (χ2n) is 4.04. The van der Waals surface area contributed by atoms with Gasteiger partial charge in [-0.1, -0.05) is 18.2 Å². The molecule has 1 heterocycles. The van der Waals surface area contributed by atoms with E-state index in [1.165, 1.54) is 7.05 Å². The van der Waals surface area contributed by atoms with Gasteiger partial charge in [0.25, 0.3) is 5.91 Å². The first kappa shape index (κ1) is 13.1. The number of carbonyl (C=O) groups is 3. The van der Waals surface area contributed by atoms with E-state index >= 15 is 0 Å². The van der Waals surface area contributed by atoms with Gasteiger partial charge in [0.05, 0.1) is 6.61 Å². The van der Waals surface area contributed by atoms with Crippen molar-refractivity contribution in [3.05, 3.63) is 30.3 Å². The van der Waals surface area contributed by atoms with Gasteiger partial charge < -0.3 is 4.74 Å². The second-order valence-corrected chi connectivity index (χ2v) is 4.04. The molecule has 0 N–H and O–H groups in total. The summed E-state index contributed by atoms with van der Waals surface area (Å²) in [4.78, 5) is 38.0. The van der Waals surface area contributed by atoms with Crippen molar-refractivity contribution in [1.82, 2.24) is 4.90 Å². The van der Waals surface area contributed by atoms with Gasteiger partial charge in [0, 0.05) is 12.7 Å². The molecule has 6 heteroatoms. The number of urea groups is 1. The van der Waals surface area contributed by atoms with E-state index in [1.54, 1.807) is 37.3 Å². The third kappa shape index (κ3) is 2.16. The van der Waals surface area contributed by atoms with Crippen molar-refractivity contribution in [3.8, 4) is 0 Å². The van der Waals surface area contributed by atoms with Gasteiger partial charge in [-0.15, -0.1) is 0 Å². The fourth-order valence-electron chi connectivity index (χ4n) is 1.94. The van der Waals surface area contributed by atoms with E-state index in [9.17, 15) is 14.4 Å². The number of para-hydroxylation sites is 1. The van der Waals surface area contributed by atoms with Crippen LogP contribution in [-0.2, 0) is 14.3 Å². The summed E-state index contributed by atoms with van der Waals surface area (Å²) in [6.07, 6.45) is 0. The fourth-order valence-corrected chi connectivity index (χ4v) is 1.94. The lowest BCUT2D eigenvalue weighted by Crippen LogP contribution is -2.42. The SMILES string of the molecule is CCOC(=O)C1C(=O)N(C)C(=O)N1c1ccccc1. The van der Waals surface area contributed by atoms with Crippen LogP contribution in [0.5, 0.6) is 0 Å². The lowest BCUT2D eigenvalue weighted by atomic mass is 10.2. The second kappa shape index (κ2) is 5.09. The zero-order chi connectivity index (χ0) is 14.0. The number of amides is 3. The molecular weight excluding hydrogens is 248 g/mol. The number of hydrogen-bond acceptors (Lipinski definition) is 4. The molecule has 2 rings (SSSR count). The number of nitrogens with zero attached hydrogens (tertiary/aromatic N) is 2. The van der Waals surface area contributed by atoms with Crippen molar-refractivity contribution in [2.45, 2.75) is 13.0 Å². The number of benzene rings is 1. The normalized spacial score (nSPS) is 18.9. The van der Waals surface area contributed by atoms with E-state index in [1.807, 2.05) is 0 Å². The molecule has 6 nitrogen and oxygen atoms in total. The van der Waals surface area contributed by atoms with E-state index in [-0.39, 0.29) is 6.61 Å². The lowest BCUT2D eigenvalue weighted by Gasteiger charge is -2.20. The van der Waals surface area contributed by atoms with Gasteiger partial charge in [-0.05, 0) is 19.1 Å². The van der Waals surface area contributed by atoms with E-state index < -0.39 is 23.9 Å². The summed E-state index contributed by atoms with van der Waals surface area (Å²) < 4.78 is 4.86. The van der Waals surface area contributed by atoms with Crippen molar-refractivity contribution in [1.29, 1.82) is 0 Å². The van der Waals surface area contributed by atoms with Gasteiger partial charge in [0.1, 0.15) is 0 Å². The predicted molar refractivity (Wildman–Crippen MR) is 67.5 cm³/mol. The summed E-state index contributed by atoms with van der Waals surface area (Å²) in [6.45, 7) is 1.80. The summed E-state index contributed by atoms with van der Waals surface area (Å²) in [5, 5.41) is 0. The molecule has 0 aliphatic carbocycles. The van der Waals surface area contributed by atoms with Gasteiger partial charge in [0.15, 0.2) is 0 Å². The molecule has 1 aliphatic rings. The molecule has 0 bridgehead atoms. The molecule has 1 fully saturated rings. The maximum atomic E-state index is 12.1. The van der Waals surface area contributed by atoms with Crippen LogP contribution in [0.3, 0.4) is 0 Å². The van der Waals surface area contributed by atoms with Crippen LogP contribution < -0.4 is 4.90 Å². The number of likely N-dealkylation sites (N-methyl/N-ethyl adjacent to an activating group) is 1. The fraction of sp³-hybridized carbons (Fsp3) is 0.308. The van der Waals surface area contributed by atoms with Crippen LogP contribution in [0.2, 0.25) is 0 Å².